The van der Waals surface area contributed by atoms with Crippen LogP contribution in [0, 0.1) is 6.92 Å². The molecule has 1 aliphatic heterocycles. The number of hydrogen-bond donors (Lipinski definition) is 1. The van der Waals surface area contributed by atoms with Crippen molar-refractivity contribution in [2.45, 2.75) is 12.2 Å². The van der Waals surface area contributed by atoms with Gasteiger partial charge in [0.1, 0.15) is 0 Å². The Morgan fingerprint density at radius 1 is 1.21 bits per heavy atom. The summed E-state index contributed by atoms with van der Waals surface area (Å²) >= 11 is 1.78. The Morgan fingerprint density at radius 3 is 2.84 bits per heavy atom. The van der Waals surface area contributed by atoms with E-state index in [1.165, 1.54) is 5.56 Å². The molecule has 1 unspecified atom stereocenters. The topological polar surface area (TPSA) is 37.3 Å². The molecule has 1 aliphatic rings. The number of benzene rings is 1. The van der Waals surface area contributed by atoms with E-state index in [0.717, 1.165) is 23.0 Å². The van der Waals surface area contributed by atoms with Gasteiger partial charge in [-0.3, -0.25) is 9.98 Å². The zero-order valence-corrected chi connectivity index (χ0v) is 11.5. The van der Waals surface area contributed by atoms with Crippen molar-refractivity contribution in [3.05, 3.63) is 59.9 Å². The number of rotatable bonds is 2. The molecule has 4 heteroatoms. The number of aliphatic imine (C=N–C) groups is 1. The highest BCUT2D eigenvalue weighted by molar-refractivity contribution is 8.14. The summed E-state index contributed by atoms with van der Waals surface area (Å²) in [6, 6.07) is 12.6. The average Bonchev–Trinajstić information content (AvgIpc) is 2.88. The van der Waals surface area contributed by atoms with Gasteiger partial charge in [-0.1, -0.05) is 42.1 Å². The van der Waals surface area contributed by atoms with Gasteiger partial charge in [-0.05, 0) is 24.1 Å². The van der Waals surface area contributed by atoms with Crippen LogP contribution in [0.3, 0.4) is 0 Å². The molecular formula is C15H15N3S. The maximum atomic E-state index is 4.56. The first-order chi connectivity index (χ1) is 9.31. The van der Waals surface area contributed by atoms with Crippen LogP contribution < -0.4 is 5.32 Å². The summed E-state index contributed by atoms with van der Waals surface area (Å²) in [5.74, 6) is 0. The molecular weight excluding hydrogens is 254 g/mol. The third-order valence-electron chi connectivity index (χ3n) is 2.95. The second-order valence-electron chi connectivity index (χ2n) is 4.54. The molecule has 0 amide bonds. The van der Waals surface area contributed by atoms with Gasteiger partial charge in [-0.2, -0.15) is 0 Å². The molecule has 3 nitrogen and oxygen atoms in total. The molecule has 96 valence electrons. The second-order valence-corrected chi connectivity index (χ2v) is 5.73. The molecule has 1 aromatic heterocycles. The molecule has 2 heterocycles. The molecule has 1 N–H and O–H groups in total. The molecule has 0 bridgehead atoms. The predicted molar refractivity (Wildman–Crippen MR) is 81.7 cm³/mol. The van der Waals surface area contributed by atoms with Gasteiger partial charge < -0.3 is 5.32 Å². The smallest absolute Gasteiger partial charge is 0.161 e. The predicted octanol–water partition coefficient (Wildman–Crippen LogP) is 3.65. The van der Waals surface area contributed by atoms with Gasteiger partial charge in [-0.25, -0.2) is 0 Å². The van der Waals surface area contributed by atoms with E-state index in [1.807, 2.05) is 25.4 Å². The highest BCUT2D eigenvalue weighted by Gasteiger charge is 2.21. The zero-order valence-electron chi connectivity index (χ0n) is 10.7. The molecule has 2 aromatic rings. The Balaban J connectivity index is 1.66. The fourth-order valence-electron chi connectivity index (χ4n) is 2.03. The van der Waals surface area contributed by atoms with E-state index in [1.54, 1.807) is 11.8 Å². The van der Waals surface area contributed by atoms with E-state index < -0.39 is 0 Å². The molecule has 1 atom stereocenters. The number of anilines is 1. The van der Waals surface area contributed by atoms with Crippen molar-refractivity contribution in [1.29, 1.82) is 0 Å². The van der Waals surface area contributed by atoms with Gasteiger partial charge in [0.15, 0.2) is 5.17 Å². The highest BCUT2D eigenvalue weighted by Crippen LogP contribution is 2.35. The number of hydrogen-bond acceptors (Lipinski definition) is 4. The minimum Gasteiger partial charge on any atom is -0.334 e. The molecule has 0 spiro atoms. The van der Waals surface area contributed by atoms with Gasteiger partial charge >= 0.3 is 0 Å². The largest absolute Gasteiger partial charge is 0.334 e. The van der Waals surface area contributed by atoms with Crippen molar-refractivity contribution < 1.29 is 0 Å². The normalized spacial score (nSPS) is 18.2. The van der Waals surface area contributed by atoms with Gasteiger partial charge in [0.2, 0.25) is 0 Å². The Hall–Kier alpha value is -1.81. The number of pyridine rings is 1. The lowest BCUT2D eigenvalue weighted by atomic mass is 10.1. The summed E-state index contributed by atoms with van der Waals surface area (Å²) in [5, 5.41) is 4.72. The quantitative estimate of drug-likeness (QED) is 0.904. The van der Waals surface area contributed by atoms with Crippen molar-refractivity contribution in [3.8, 4) is 0 Å². The standard InChI is InChI=1S/C15H15N3S/c1-11-7-13(9-16-8-11)18-15-17-10-14(19-15)12-5-3-2-4-6-12/h2-9,14H,10H2,1H3,(H,17,18). The van der Waals surface area contributed by atoms with Gasteiger partial charge in [-0.15, -0.1) is 0 Å². The third-order valence-corrected chi connectivity index (χ3v) is 4.11. The van der Waals surface area contributed by atoms with Crippen molar-refractivity contribution >= 4 is 22.6 Å². The summed E-state index contributed by atoms with van der Waals surface area (Å²) in [6.07, 6.45) is 3.67. The van der Waals surface area contributed by atoms with Gasteiger partial charge in [0.05, 0.1) is 23.7 Å². The van der Waals surface area contributed by atoms with Crippen molar-refractivity contribution in [2.75, 3.05) is 11.9 Å². The van der Waals surface area contributed by atoms with Crippen molar-refractivity contribution in [2.24, 2.45) is 4.99 Å². The number of aryl methyl sites for hydroxylation is 1. The number of aromatic nitrogens is 1. The van der Waals surface area contributed by atoms with E-state index in [4.69, 9.17) is 0 Å². The molecule has 0 saturated heterocycles. The van der Waals surface area contributed by atoms with E-state index in [9.17, 15) is 0 Å². The van der Waals surface area contributed by atoms with E-state index >= 15 is 0 Å². The Labute approximate surface area is 117 Å². The molecule has 0 fully saturated rings. The summed E-state index contributed by atoms with van der Waals surface area (Å²) in [4.78, 5) is 8.74. The number of nitrogens with zero attached hydrogens (tertiary/aromatic N) is 2. The number of nitrogens with one attached hydrogen (secondary N) is 1. The van der Waals surface area contributed by atoms with E-state index in [-0.39, 0.29) is 0 Å². The van der Waals surface area contributed by atoms with Crippen LogP contribution in [-0.2, 0) is 0 Å². The lowest BCUT2D eigenvalue weighted by molar-refractivity contribution is 0.966. The van der Waals surface area contributed by atoms with Crippen molar-refractivity contribution in [1.82, 2.24) is 4.98 Å². The zero-order chi connectivity index (χ0) is 13.1. The van der Waals surface area contributed by atoms with Crippen LogP contribution in [-0.4, -0.2) is 16.7 Å². The fourth-order valence-corrected chi connectivity index (χ4v) is 3.07. The van der Waals surface area contributed by atoms with Gasteiger partial charge in [0.25, 0.3) is 0 Å². The summed E-state index contributed by atoms with van der Waals surface area (Å²) in [7, 11) is 0. The van der Waals surface area contributed by atoms with E-state index in [0.29, 0.717) is 5.25 Å². The first kappa shape index (κ1) is 12.2. The maximum Gasteiger partial charge on any atom is 0.161 e. The average molecular weight is 269 g/mol. The van der Waals surface area contributed by atoms with Crippen LogP contribution >= 0.6 is 11.8 Å². The Kier molecular flexibility index (Phi) is 3.51. The van der Waals surface area contributed by atoms with Gasteiger partial charge in [0, 0.05) is 6.20 Å². The molecule has 19 heavy (non-hydrogen) atoms. The molecule has 3 rings (SSSR count). The first-order valence-electron chi connectivity index (χ1n) is 6.26. The number of thioether (sulfide) groups is 1. The number of amidine groups is 1. The molecule has 1 aromatic carbocycles. The van der Waals surface area contributed by atoms with E-state index in [2.05, 4.69) is 45.6 Å². The second kappa shape index (κ2) is 5.45. The first-order valence-corrected chi connectivity index (χ1v) is 7.14. The van der Waals surface area contributed by atoms with Crippen LogP contribution in [0.25, 0.3) is 0 Å². The highest BCUT2D eigenvalue weighted by atomic mass is 32.2. The summed E-state index contributed by atoms with van der Waals surface area (Å²) < 4.78 is 0. The Bertz CT molecular complexity index is 595. The third kappa shape index (κ3) is 2.96. The van der Waals surface area contributed by atoms with Crippen LogP contribution in [0.4, 0.5) is 5.69 Å². The molecule has 0 radical (unpaired) electrons. The van der Waals surface area contributed by atoms with Crippen LogP contribution in [0.1, 0.15) is 16.4 Å². The van der Waals surface area contributed by atoms with Crippen LogP contribution in [0.2, 0.25) is 0 Å². The Morgan fingerprint density at radius 2 is 2.05 bits per heavy atom. The fraction of sp³-hybridized carbons (Fsp3) is 0.200. The van der Waals surface area contributed by atoms with Crippen LogP contribution in [0.5, 0.6) is 0 Å². The lowest BCUT2D eigenvalue weighted by Crippen LogP contribution is -2.05. The molecule has 0 saturated carbocycles. The molecule has 0 aliphatic carbocycles. The SMILES string of the molecule is Cc1cncc(NC2=NCC(c3ccccc3)S2)c1. The minimum absolute atomic E-state index is 0.418. The monoisotopic (exact) mass is 269 g/mol. The summed E-state index contributed by atoms with van der Waals surface area (Å²) in [5.41, 5.74) is 3.48. The minimum atomic E-state index is 0.418. The maximum absolute atomic E-state index is 4.56. The summed E-state index contributed by atoms with van der Waals surface area (Å²) in [6.45, 7) is 2.87. The lowest BCUT2D eigenvalue weighted by Gasteiger charge is -2.09. The van der Waals surface area contributed by atoms with Crippen LogP contribution in [0.15, 0.2) is 53.8 Å². The van der Waals surface area contributed by atoms with Crippen molar-refractivity contribution in [3.63, 3.8) is 0 Å².